The van der Waals surface area contributed by atoms with E-state index >= 15 is 0 Å². The molecule has 6 heteroatoms. The second kappa shape index (κ2) is 8.76. The molecule has 1 unspecified atom stereocenters. The molecule has 1 atom stereocenters. The first-order valence-electron chi connectivity index (χ1n) is 9.80. The van der Waals surface area contributed by atoms with Crippen LogP contribution < -0.4 is 10.4 Å². The van der Waals surface area contributed by atoms with Gasteiger partial charge in [0.05, 0.1) is 13.2 Å². The number of nitrogens with zero attached hydrogens (tertiary/aromatic N) is 1. The van der Waals surface area contributed by atoms with Crippen molar-refractivity contribution in [1.82, 2.24) is 4.90 Å². The van der Waals surface area contributed by atoms with Gasteiger partial charge in [0.15, 0.2) is 0 Å². The van der Waals surface area contributed by atoms with Gasteiger partial charge in [0.2, 0.25) is 0 Å². The molecule has 3 aromatic rings. The van der Waals surface area contributed by atoms with Crippen LogP contribution in [-0.2, 0) is 17.8 Å². The van der Waals surface area contributed by atoms with E-state index in [1.54, 1.807) is 25.3 Å². The van der Waals surface area contributed by atoms with Crippen molar-refractivity contribution in [1.29, 1.82) is 0 Å². The molecule has 0 saturated carbocycles. The lowest BCUT2D eigenvalue weighted by Crippen LogP contribution is -2.31. The molecule has 0 bridgehead atoms. The van der Waals surface area contributed by atoms with Gasteiger partial charge in [-0.3, -0.25) is 4.90 Å². The van der Waals surface area contributed by atoms with Gasteiger partial charge in [0.25, 0.3) is 0 Å². The van der Waals surface area contributed by atoms with Crippen LogP contribution in [0.3, 0.4) is 0 Å². The van der Waals surface area contributed by atoms with Crippen LogP contribution in [0.5, 0.6) is 5.75 Å². The van der Waals surface area contributed by atoms with Gasteiger partial charge in [-0.1, -0.05) is 12.1 Å². The maximum Gasteiger partial charge on any atom is 0.336 e. The van der Waals surface area contributed by atoms with Crippen molar-refractivity contribution < 1.29 is 18.3 Å². The summed E-state index contributed by atoms with van der Waals surface area (Å²) >= 11 is 0. The number of halogens is 1. The average Bonchev–Trinajstić information content (AvgIpc) is 3.20. The van der Waals surface area contributed by atoms with E-state index in [1.165, 1.54) is 12.1 Å². The predicted octanol–water partition coefficient (Wildman–Crippen LogP) is 4.12. The van der Waals surface area contributed by atoms with Gasteiger partial charge < -0.3 is 13.9 Å². The number of benzene rings is 2. The van der Waals surface area contributed by atoms with Crippen molar-refractivity contribution in [2.45, 2.75) is 32.0 Å². The highest BCUT2D eigenvalue weighted by atomic mass is 19.1. The van der Waals surface area contributed by atoms with Gasteiger partial charge in [-0.2, -0.15) is 0 Å². The second-order valence-electron chi connectivity index (χ2n) is 7.39. The molecule has 0 N–H and O–H groups in total. The van der Waals surface area contributed by atoms with Crippen LogP contribution in [-0.4, -0.2) is 31.3 Å². The van der Waals surface area contributed by atoms with E-state index in [9.17, 15) is 9.18 Å². The Kier molecular flexibility index (Phi) is 5.92. The van der Waals surface area contributed by atoms with E-state index in [-0.39, 0.29) is 11.9 Å². The van der Waals surface area contributed by atoms with Crippen LogP contribution in [0, 0.1) is 5.82 Å². The van der Waals surface area contributed by atoms with E-state index in [0.29, 0.717) is 31.0 Å². The van der Waals surface area contributed by atoms with Gasteiger partial charge in [-0.25, -0.2) is 9.18 Å². The lowest BCUT2D eigenvalue weighted by molar-refractivity contribution is 0.0680. The Morgan fingerprint density at radius 2 is 2.07 bits per heavy atom. The zero-order valence-electron chi connectivity index (χ0n) is 16.4. The van der Waals surface area contributed by atoms with Crippen molar-refractivity contribution in [3.8, 4) is 5.75 Å². The van der Waals surface area contributed by atoms with Crippen LogP contribution in [0.15, 0.2) is 57.7 Å². The molecule has 1 aliphatic heterocycles. The highest BCUT2D eigenvalue weighted by molar-refractivity contribution is 5.81. The number of rotatable bonds is 7. The molecule has 1 aliphatic rings. The third kappa shape index (κ3) is 4.83. The van der Waals surface area contributed by atoms with Crippen LogP contribution in [0.25, 0.3) is 11.0 Å². The molecule has 0 radical (unpaired) electrons. The summed E-state index contributed by atoms with van der Waals surface area (Å²) in [4.78, 5) is 14.3. The molecule has 1 saturated heterocycles. The molecular formula is C23H24FNO4. The van der Waals surface area contributed by atoms with Crippen molar-refractivity contribution in [2.75, 3.05) is 20.3 Å². The number of hydrogen-bond donors (Lipinski definition) is 0. The fourth-order valence-corrected chi connectivity index (χ4v) is 3.86. The van der Waals surface area contributed by atoms with Gasteiger partial charge in [-0.05, 0) is 48.2 Å². The highest BCUT2D eigenvalue weighted by Crippen LogP contribution is 2.25. The SMILES string of the molecule is COc1ccc2c(CN(Cc3cccc(F)c3)CC3CCCO3)cc(=O)oc2c1. The van der Waals surface area contributed by atoms with E-state index in [0.717, 1.165) is 36.0 Å². The quantitative estimate of drug-likeness (QED) is 0.562. The van der Waals surface area contributed by atoms with Gasteiger partial charge >= 0.3 is 5.63 Å². The zero-order chi connectivity index (χ0) is 20.2. The lowest BCUT2D eigenvalue weighted by atomic mass is 10.1. The number of fused-ring (bicyclic) bond motifs is 1. The minimum absolute atomic E-state index is 0.148. The average molecular weight is 397 g/mol. The van der Waals surface area contributed by atoms with Crippen molar-refractivity contribution in [2.24, 2.45) is 0 Å². The molecule has 0 spiro atoms. The van der Waals surface area contributed by atoms with Crippen LogP contribution in [0.4, 0.5) is 4.39 Å². The minimum Gasteiger partial charge on any atom is -0.497 e. The first kappa shape index (κ1) is 19.6. The second-order valence-corrected chi connectivity index (χ2v) is 7.39. The fraction of sp³-hybridized carbons (Fsp3) is 0.348. The Balaban J connectivity index is 1.64. The predicted molar refractivity (Wildman–Crippen MR) is 109 cm³/mol. The summed E-state index contributed by atoms with van der Waals surface area (Å²) in [6.07, 6.45) is 2.21. The molecule has 29 heavy (non-hydrogen) atoms. The van der Waals surface area contributed by atoms with E-state index in [4.69, 9.17) is 13.9 Å². The summed E-state index contributed by atoms with van der Waals surface area (Å²) < 4.78 is 30.1. The zero-order valence-corrected chi connectivity index (χ0v) is 16.4. The Morgan fingerprint density at radius 3 is 2.83 bits per heavy atom. The minimum atomic E-state index is -0.399. The summed E-state index contributed by atoms with van der Waals surface area (Å²) in [6.45, 7) is 2.59. The van der Waals surface area contributed by atoms with Crippen LogP contribution in [0.2, 0.25) is 0 Å². The summed E-state index contributed by atoms with van der Waals surface area (Å²) in [5.41, 5.74) is 1.85. The fourth-order valence-electron chi connectivity index (χ4n) is 3.86. The molecule has 2 aromatic carbocycles. The summed E-state index contributed by atoms with van der Waals surface area (Å²) in [5.74, 6) is 0.381. The van der Waals surface area contributed by atoms with Crippen molar-refractivity contribution in [3.05, 3.63) is 75.9 Å². The van der Waals surface area contributed by atoms with Crippen LogP contribution in [0.1, 0.15) is 24.0 Å². The Hall–Kier alpha value is -2.70. The molecule has 0 amide bonds. The van der Waals surface area contributed by atoms with Gasteiger partial charge in [-0.15, -0.1) is 0 Å². The third-order valence-electron chi connectivity index (χ3n) is 5.21. The monoisotopic (exact) mass is 397 g/mol. The van der Waals surface area contributed by atoms with Gasteiger partial charge in [0.1, 0.15) is 17.1 Å². The van der Waals surface area contributed by atoms with E-state index in [1.807, 2.05) is 18.2 Å². The largest absolute Gasteiger partial charge is 0.497 e. The molecule has 152 valence electrons. The molecule has 5 nitrogen and oxygen atoms in total. The van der Waals surface area contributed by atoms with E-state index < -0.39 is 5.63 Å². The van der Waals surface area contributed by atoms with E-state index in [2.05, 4.69) is 4.90 Å². The Morgan fingerprint density at radius 1 is 1.17 bits per heavy atom. The van der Waals surface area contributed by atoms with Crippen molar-refractivity contribution in [3.63, 3.8) is 0 Å². The summed E-state index contributed by atoms with van der Waals surface area (Å²) in [7, 11) is 1.57. The molecule has 4 rings (SSSR count). The molecular weight excluding hydrogens is 373 g/mol. The maximum atomic E-state index is 13.7. The first-order chi connectivity index (χ1) is 14.1. The first-order valence-corrected chi connectivity index (χ1v) is 9.80. The molecule has 0 aliphatic carbocycles. The smallest absolute Gasteiger partial charge is 0.336 e. The molecule has 2 heterocycles. The topological polar surface area (TPSA) is 51.9 Å². The Bertz CT molecular complexity index is 1040. The standard InChI is InChI=1S/C23H24FNO4/c1-27-19-7-8-21-17(11-23(26)29-22(21)12-19)14-25(15-20-6-3-9-28-20)13-16-4-2-5-18(24)10-16/h2,4-5,7-8,10-12,20H,3,6,9,13-15H2,1H3. The van der Waals surface area contributed by atoms with Gasteiger partial charge in [0, 0.05) is 43.8 Å². The lowest BCUT2D eigenvalue weighted by Gasteiger charge is -2.26. The molecule has 1 aromatic heterocycles. The maximum absolute atomic E-state index is 13.7. The number of methoxy groups -OCH3 is 1. The molecule has 1 fully saturated rings. The number of ether oxygens (including phenoxy) is 2. The highest BCUT2D eigenvalue weighted by Gasteiger charge is 2.21. The van der Waals surface area contributed by atoms with Crippen molar-refractivity contribution >= 4 is 11.0 Å². The summed E-state index contributed by atoms with van der Waals surface area (Å²) in [5, 5.41) is 0.863. The third-order valence-corrected chi connectivity index (χ3v) is 5.21. The summed E-state index contributed by atoms with van der Waals surface area (Å²) in [6, 6.07) is 13.6. The normalized spacial score (nSPS) is 16.6. The van der Waals surface area contributed by atoms with Crippen LogP contribution >= 0.6 is 0 Å². The Labute approximate surface area is 168 Å². The number of hydrogen-bond acceptors (Lipinski definition) is 5.